The minimum Gasteiger partial charge on any atom is -0.491 e. The van der Waals surface area contributed by atoms with E-state index < -0.39 is 5.54 Å². The maximum atomic E-state index is 9.22. The summed E-state index contributed by atoms with van der Waals surface area (Å²) in [6.45, 7) is 6.55. The van der Waals surface area contributed by atoms with Gasteiger partial charge in [-0.25, -0.2) is 0 Å². The van der Waals surface area contributed by atoms with Gasteiger partial charge in [0.05, 0.1) is 30.1 Å². The fraction of sp³-hybridized carbons (Fsp3) is 0.538. The van der Waals surface area contributed by atoms with E-state index in [4.69, 9.17) is 10.5 Å². The number of benzene rings is 1. The monoisotopic (exact) mass is 238 g/mol. The molecule has 17 heavy (non-hydrogen) atoms. The van der Waals surface area contributed by atoms with Crippen molar-refractivity contribution in [2.45, 2.75) is 32.7 Å². The molecule has 0 saturated heterocycles. The molecule has 0 fully saturated rings. The summed E-state index contributed by atoms with van der Waals surface area (Å²) in [7, 11) is 0. The van der Waals surface area contributed by atoms with Gasteiger partial charge in [-0.2, -0.15) is 0 Å². The van der Waals surface area contributed by atoms with Crippen LogP contribution in [0.3, 0.4) is 0 Å². The molecule has 0 saturated carbocycles. The Morgan fingerprint density at radius 1 is 1.41 bits per heavy atom. The molecular weight excluding hydrogens is 216 g/mol. The largest absolute Gasteiger partial charge is 0.491 e. The van der Waals surface area contributed by atoms with E-state index in [2.05, 4.69) is 5.32 Å². The molecule has 0 unspecified atom stereocenters. The van der Waals surface area contributed by atoms with Crippen molar-refractivity contribution in [2.24, 2.45) is 0 Å². The topological polar surface area (TPSA) is 67.5 Å². The number of aliphatic hydroxyl groups excluding tert-OH is 1. The van der Waals surface area contributed by atoms with E-state index in [0.29, 0.717) is 18.0 Å². The van der Waals surface area contributed by atoms with Crippen molar-refractivity contribution in [2.75, 3.05) is 24.3 Å². The quantitative estimate of drug-likeness (QED) is 0.665. The fourth-order valence-electron chi connectivity index (χ4n) is 1.39. The Morgan fingerprint density at radius 3 is 2.71 bits per heavy atom. The van der Waals surface area contributed by atoms with E-state index in [9.17, 15) is 5.11 Å². The number of nitrogen functional groups attached to an aromatic ring is 1. The lowest BCUT2D eigenvalue weighted by molar-refractivity contribution is 0.234. The number of hydrogen-bond donors (Lipinski definition) is 3. The van der Waals surface area contributed by atoms with Crippen molar-refractivity contribution in [1.82, 2.24) is 0 Å². The van der Waals surface area contributed by atoms with E-state index in [1.165, 1.54) is 0 Å². The normalized spacial score (nSPS) is 11.3. The second-order valence-electron chi connectivity index (χ2n) is 4.73. The van der Waals surface area contributed by atoms with Crippen LogP contribution in [-0.4, -0.2) is 23.9 Å². The number of nitrogens with two attached hydrogens (primary N) is 1. The third-order valence-electron chi connectivity index (χ3n) is 2.40. The second kappa shape index (κ2) is 5.77. The lowest BCUT2D eigenvalue weighted by Gasteiger charge is -2.26. The van der Waals surface area contributed by atoms with Gasteiger partial charge in [-0.3, -0.25) is 0 Å². The van der Waals surface area contributed by atoms with Crippen molar-refractivity contribution in [3.8, 4) is 5.75 Å². The molecule has 0 aromatic heterocycles. The first-order valence-electron chi connectivity index (χ1n) is 5.90. The molecule has 4 nitrogen and oxygen atoms in total. The van der Waals surface area contributed by atoms with Gasteiger partial charge in [-0.15, -0.1) is 0 Å². The van der Waals surface area contributed by atoms with Crippen molar-refractivity contribution in [1.29, 1.82) is 0 Å². The van der Waals surface area contributed by atoms with E-state index in [-0.39, 0.29) is 6.61 Å². The van der Waals surface area contributed by atoms with Gasteiger partial charge in [0.25, 0.3) is 0 Å². The average molecular weight is 238 g/mol. The molecule has 4 heteroatoms. The molecule has 0 aliphatic carbocycles. The Morgan fingerprint density at radius 2 is 2.12 bits per heavy atom. The van der Waals surface area contributed by atoms with Crippen molar-refractivity contribution in [3.63, 3.8) is 0 Å². The molecule has 4 N–H and O–H groups in total. The van der Waals surface area contributed by atoms with Crippen molar-refractivity contribution >= 4 is 11.4 Å². The molecule has 0 bridgehead atoms. The molecule has 1 aromatic rings. The van der Waals surface area contributed by atoms with E-state index in [1.54, 1.807) is 0 Å². The van der Waals surface area contributed by atoms with Crippen LogP contribution in [0.4, 0.5) is 11.4 Å². The summed E-state index contributed by atoms with van der Waals surface area (Å²) in [6, 6.07) is 5.62. The zero-order valence-electron chi connectivity index (χ0n) is 10.8. The van der Waals surface area contributed by atoms with Crippen LogP contribution in [0.5, 0.6) is 5.75 Å². The molecular formula is C13H22N2O2. The molecule has 1 aromatic carbocycles. The van der Waals surface area contributed by atoms with Gasteiger partial charge in [0.1, 0.15) is 5.75 Å². The van der Waals surface area contributed by atoms with Gasteiger partial charge in [-0.05, 0) is 32.4 Å². The summed E-state index contributed by atoms with van der Waals surface area (Å²) in [5, 5.41) is 12.4. The third kappa shape index (κ3) is 3.82. The summed E-state index contributed by atoms with van der Waals surface area (Å²) in [5.74, 6) is 0.686. The first-order valence-corrected chi connectivity index (χ1v) is 5.90. The van der Waals surface area contributed by atoms with Gasteiger partial charge in [0, 0.05) is 0 Å². The predicted molar refractivity (Wildman–Crippen MR) is 71.4 cm³/mol. The minimum absolute atomic E-state index is 0.0342. The zero-order chi connectivity index (χ0) is 12.9. The molecule has 96 valence electrons. The highest BCUT2D eigenvalue weighted by Crippen LogP contribution is 2.31. The second-order valence-corrected chi connectivity index (χ2v) is 4.73. The smallest absolute Gasteiger partial charge is 0.144 e. The average Bonchev–Trinajstić information content (AvgIpc) is 2.30. The Hall–Kier alpha value is -1.42. The maximum absolute atomic E-state index is 9.22. The first kappa shape index (κ1) is 13.6. The van der Waals surface area contributed by atoms with Gasteiger partial charge in [0.2, 0.25) is 0 Å². The van der Waals surface area contributed by atoms with Gasteiger partial charge in [0.15, 0.2) is 0 Å². The molecule has 0 aliphatic heterocycles. The molecule has 0 amide bonds. The van der Waals surface area contributed by atoms with Gasteiger partial charge in [-0.1, -0.05) is 13.0 Å². The molecule has 0 aliphatic rings. The van der Waals surface area contributed by atoms with Gasteiger partial charge < -0.3 is 20.9 Å². The number of nitrogens with one attached hydrogen (secondary N) is 1. The summed E-state index contributed by atoms with van der Waals surface area (Å²) in [4.78, 5) is 0. The summed E-state index contributed by atoms with van der Waals surface area (Å²) in [6.07, 6.45) is 0.944. The van der Waals surface area contributed by atoms with Crippen LogP contribution in [0.1, 0.15) is 27.2 Å². The van der Waals surface area contributed by atoms with Crippen LogP contribution in [0, 0.1) is 0 Å². The lowest BCUT2D eigenvalue weighted by Crippen LogP contribution is -2.35. The fourth-order valence-corrected chi connectivity index (χ4v) is 1.39. The molecule has 0 spiro atoms. The first-order chi connectivity index (χ1) is 8.00. The highest BCUT2D eigenvalue weighted by molar-refractivity contribution is 5.73. The minimum atomic E-state index is -0.405. The van der Waals surface area contributed by atoms with Crippen molar-refractivity contribution < 1.29 is 9.84 Å². The lowest BCUT2D eigenvalue weighted by atomic mass is 10.1. The van der Waals surface area contributed by atoms with E-state index in [0.717, 1.165) is 12.1 Å². The summed E-state index contributed by atoms with van der Waals surface area (Å²) >= 11 is 0. The highest BCUT2D eigenvalue weighted by Gasteiger charge is 2.17. The van der Waals surface area contributed by atoms with Crippen LogP contribution in [0.2, 0.25) is 0 Å². The van der Waals surface area contributed by atoms with E-state index in [1.807, 2.05) is 39.0 Å². The Balaban J connectivity index is 2.86. The number of anilines is 2. The summed E-state index contributed by atoms with van der Waals surface area (Å²) < 4.78 is 5.55. The molecule has 0 atom stereocenters. The van der Waals surface area contributed by atoms with Crippen LogP contribution < -0.4 is 15.8 Å². The maximum Gasteiger partial charge on any atom is 0.144 e. The SMILES string of the molecule is CCCOc1cccc(NC(C)(C)CO)c1N. The Kier molecular flexibility index (Phi) is 4.63. The molecule has 1 rings (SSSR count). The van der Waals surface area contributed by atoms with Gasteiger partial charge >= 0.3 is 0 Å². The number of aliphatic hydroxyl groups is 1. The standard InChI is InChI=1S/C13H22N2O2/c1-4-8-17-11-7-5-6-10(12(11)14)15-13(2,3)9-16/h5-7,15-16H,4,8-9,14H2,1-3H3. The predicted octanol–water partition coefficient (Wildman–Crippen LogP) is 2.24. The Labute approximate surface area is 103 Å². The molecule has 0 heterocycles. The number of rotatable bonds is 6. The number of ether oxygens (including phenoxy) is 1. The van der Waals surface area contributed by atoms with Crippen LogP contribution in [-0.2, 0) is 0 Å². The zero-order valence-corrected chi connectivity index (χ0v) is 10.8. The van der Waals surface area contributed by atoms with E-state index >= 15 is 0 Å². The summed E-state index contributed by atoms with van der Waals surface area (Å²) in [5.41, 5.74) is 6.99. The van der Waals surface area contributed by atoms with Crippen LogP contribution in [0.15, 0.2) is 18.2 Å². The molecule has 0 radical (unpaired) electrons. The van der Waals surface area contributed by atoms with Crippen LogP contribution >= 0.6 is 0 Å². The number of para-hydroxylation sites is 1. The highest BCUT2D eigenvalue weighted by atomic mass is 16.5. The third-order valence-corrected chi connectivity index (χ3v) is 2.40. The number of hydrogen-bond acceptors (Lipinski definition) is 4. The van der Waals surface area contributed by atoms with Crippen molar-refractivity contribution in [3.05, 3.63) is 18.2 Å². The van der Waals surface area contributed by atoms with Crippen LogP contribution in [0.25, 0.3) is 0 Å². The Bertz CT molecular complexity index is 364.